The third-order valence-corrected chi connectivity index (χ3v) is 4.81. The fourth-order valence-corrected chi connectivity index (χ4v) is 2.90. The normalized spacial score (nSPS) is 14.4. The van der Waals surface area contributed by atoms with Gasteiger partial charge in [-0.2, -0.15) is 0 Å². The second kappa shape index (κ2) is 13.1. The molecule has 0 heterocycles. The Labute approximate surface area is 195 Å². The standard InChI is InChI=1S/C21H31N5O8/c1-10(2)17(21(33)34)26-19(31)14(7-11-3-5-12(28)6-4-11)24-20(32)15(9-27)25-18(30)13(22)8-16(23)29/h3-6,10,13-15,17,27-28H,7-9,22H2,1-2H3,(H2,23,29)(H,24,32)(H,25,30)(H,26,31)(H,33,34). The maximum absolute atomic E-state index is 12.9. The van der Waals surface area contributed by atoms with Gasteiger partial charge in [-0.15, -0.1) is 0 Å². The fraction of sp³-hybridized carbons (Fsp3) is 0.476. The number of aliphatic hydroxyl groups is 1. The zero-order valence-corrected chi connectivity index (χ0v) is 18.9. The van der Waals surface area contributed by atoms with Gasteiger partial charge in [0.2, 0.25) is 23.6 Å². The molecule has 0 aliphatic heterocycles. The number of primary amides is 1. The molecule has 1 aromatic carbocycles. The lowest BCUT2D eigenvalue weighted by molar-refractivity contribution is -0.143. The van der Waals surface area contributed by atoms with Gasteiger partial charge < -0.3 is 42.7 Å². The molecule has 1 rings (SSSR count). The second-order valence-electron chi connectivity index (χ2n) is 8.02. The summed E-state index contributed by atoms with van der Waals surface area (Å²) in [6.45, 7) is 2.34. The van der Waals surface area contributed by atoms with Crippen LogP contribution in [0.25, 0.3) is 0 Å². The maximum atomic E-state index is 12.9. The number of nitrogens with two attached hydrogens (primary N) is 2. The molecular weight excluding hydrogens is 450 g/mol. The summed E-state index contributed by atoms with van der Waals surface area (Å²) in [6, 6.07) is 0.378. The number of carboxylic acid groups (broad SMARTS) is 1. The van der Waals surface area contributed by atoms with E-state index in [1.165, 1.54) is 24.3 Å². The van der Waals surface area contributed by atoms with E-state index in [4.69, 9.17) is 11.5 Å². The minimum atomic E-state index is -1.51. The molecule has 4 unspecified atom stereocenters. The van der Waals surface area contributed by atoms with E-state index in [0.717, 1.165) is 0 Å². The molecule has 4 amide bonds. The Hall–Kier alpha value is -3.71. The van der Waals surface area contributed by atoms with E-state index in [1.54, 1.807) is 13.8 Å². The van der Waals surface area contributed by atoms with Crippen molar-refractivity contribution in [2.24, 2.45) is 17.4 Å². The van der Waals surface area contributed by atoms with Crippen LogP contribution in [0.5, 0.6) is 5.75 Å². The Morgan fingerprint density at radius 2 is 1.44 bits per heavy atom. The summed E-state index contributed by atoms with van der Waals surface area (Å²) in [6.07, 6.45) is -0.571. The number of rotatable bonds is 13. The SMILES string of the molecule is CC(C)C(NC(=O)C(Cc1ccc(O)cc1)NC(=O)C(CO)NC(=O)C(N)CC(N)=O)C(=O)O. The van der Waals surface area contributed by atoms with Crippen molar-refractivity contribution >= 4 is 29.6 Å². The van der Waals surface area contributed by atoms with E-state index in [9.17, 15) is 39.3 Å². The van der Waals surface area contributed by atoms with Gasteiger partial charge >= 0.3 is 5.97 Å². The van der Waals surface area contributed by atoms with Gasteiger partial charge in [-0.25, -0.2) is 4.79 Å². The van der Waals surface area contributed by atoms with Crippen LogP contribution in [0.2, 0.25) is 0 Å². The van der Waals surface area contributed by atoms with Crippen LogP contribution in [0.1, 0.15) is 25.8 Å². The van der Waals surface area contributed by atoms with Crippen LogP contribution in [-0.2, 0) is 30.4 Å². The molecular formula is C21H31N5O8. The van der Waals surface area contributed by atoms with Gasteiger partial charge in [-0.05, 0) is 23.6 Å². The minimum absolute atomic E-state index is 0.0186. The van der Waals surface area contributed by atoms with Crippen molar-refractivity contribution < 1.29 is 39.3 Å². The number of benzene rings is 1. The molecule has 0 bridgehead atoms. The predicted molar refractivity (Wildman–Crippen MR) is 119 cm³/mol. The van der Waals surface area contributed by atoms with E-state index in [2.05, 4.69) is 16.0 Å². The molecule has 13 heteroatoms. The molecule has 34 heavy (non-hydrogen) atoms. The van der Waals surface area contributed by atoms with Crippen LogP contribution in [0.3, 0.4) is 0 Å². The highest BCUT2D eigenvalue weighted by Crippen LogP contribution is 2.12. The third kappa shape index (κ3) is 9.03. The first-order valence-electron chi connectivity index (χ1n) is 10.4. The Balaban J connectivity index is 3.05. The van der Waals surface area contributed by atoms with Crippen molar-refractivity contribution in [2.45, 2.75) is 50.9 Å². The van der Waals surface area contributed by atoms with E-state index in [0.29, 0.717) is 5.56 Å². The topological polar surface area (TPSA) is 234 Å². The Kier molecular flexibility index (Phi) is 10.9. The first-order chi connectivity index (χ1) is 15.8. The number of hydrogen-bond acceptors (Lipinski definition) is 8. The number of aliphatic carboxylic acids is 1. The zero-order valence-electron chi connectivity index (χ0n) is 18.9. The molecule has 1 aromatic rings. The van der Waals surface area contributed by atoms with Crippen LogP contribution < -0.4 is 27.4 Å². The second-order valence-corrected chi connectivity index (χ2v) is 8.02. The molecule has 0 fully saturated rings. The molecule has 4 atom stereocenters. The highest BCUT2D eigenvalue weighted by molar-refractivity contribution is 5.95. The molecule has 0 aliphatic rings. The number of hydrogen-bond donors (Lipinski definition) is 8. The predicted octanol–water partition coefficient (Wildman–Crippen LogP) is -2.68. The number of nitrogens with one attached hydrogen (secondary N) is 3. The first kappa shape index (κ1) is 28.3. The summed E-state index contributed by atoms with van der Waals surface area (Å²) < 4.78 is 0. The third-order valence-electron chi connectivity index (χ3n) is 4.81. The van der Waals surface area contributed by atoms with E-state index < -0.39 is 72.7 Å². The molecule has 188 valence electrons. The van der Waals surface area contributed by atoms with Gasteiger partial charge in [0.15, 0.2) is 0 Å². The summed E-state index contributed by atoms with van der Waals surface area (Å²) in [4.78, 5) is 60.1. The highest BCUT2D eigenvalue weighted by Gasteiger charge is 2.31. The largest absolute Gasteiger partial charge is 0.508 e. The van der Waals surface area contributed by atoms with Gasteiger partial charge in [0.1, 0.15) is 23.9 Å². The van der Waals surface area contributed by atoms with Crippen molar-refractivity contribution in [1.29, 1.82) is 0 Å². The summed E-state index contributed by atoms with van der Waals surface area (Å²) in [5, 5.41) is 35.3. The number of carbonyl (C=O) groups excluding carboxylic acids is 4. The van der Waals surface area contributed by atoms with Crippen molar-refractivity contribution in [1.82, 2.24) is 16.0 Å². The number of carbonyl (C=O) groups is 5. The first-order valence-corrected chi connectivity index (χ1v) is 10.4. The van der Waals surface area contributed by atoms with Crippen LogP contribution in [0, 0.1) is 5.92 Å². The summed E-state index contributed by atoms with van der Waals surface area (Å²) in [5.41, 5.74) is 11.0. The molecule has 0 saturated heterocycles. The number of aromatic hydroxyl groups is 1. The van der Waals surface area contributed by atoms with Gasteiger partial charge in [0.25, 0.3) is 0 Å². The fourth-order valence-electron chi connectivity index (χ4n) is 2.90. The van der Waals surface area contributed by atoms with Crippen LogP contribution in [0.4, 0.5) is 0 Å². The molecule has 0 aromatic heterocycles. The van der Waals surface area contributed by atoms with Gasteiger partial charge in [0, 0.05) is 6.42 Å². The average Bonchev–Trinajstić information content (AvgIpc) is 2.75. The lowest BCUT2D eigenvalue weighted by Gasteiger charge is -2.25. The summed E-state index contributed by atoms with van der Waals surface area (Å²) >= 11 is 0. The number of phenolic OH excluding ortho intramolecular Hbond substituents is 1. The van der Waals surface area contributed by atoms with E-state index in [1.807, 2.05) is 0 Å². The van der Waals surface area contributed by atoms with Crippen molar-refractivity contribution in [3.63, 3.8) is 0 Å². The summed E-state index contributed by atoms with van der Waals surface area (Å²) in [5.74, 6) is -5.25. The highest BCUT2D eigenvalue weighted by atomic mass is 16.4. The monoisotopic (exact) mass is 481 g/mol. The van der Waals surface area contributed by atoms with E-state index in [-0.39, 0.29) is 12.2 Å². The average molecular weight is 482 g/mol. The number of phenols is 1. The summed E-state index contributed by atoms with van der Waals surface area (Å²) in [7, 11) is 0. The van der Waals surface area contributed by atoms with Gasteiger partial charge in [-0.1, -0.05) is 26.0 Å². The van der Waals surface area contributed by atoms with Crippen molar-refractivity contribution in [3.8, 4) is 5.75 Å². The molecule has 0 saturated carbocycles. The lowest BCUT2D eigenvalue weighted by Crippen LogP contribution is -2.59. The van der Waals surface area contributed by atoms with Crippen molar-refractivity contribution in [3.05, 3.63) is 29.8 Å². The van der Waals surface area contributed by atoms with Crippen LogP contribution in [0.15, 0.2) is 24.3 Å². The number of carboxylic acids is 1. The Morgan fingerprint density at radius 1 is 0.912 bits per heavy atom. The smallest absolute Gasteiger partial charge is 0.326 e. The minimum Gasteiger partial charge on any atom is -0.508 e. The Morgan fingerprint density at radius 3 is 1.91 bits per heavy atom. The van der Waals surface area contributed by atoms with Gasteiger partial charge in [-0.3, -0.25) is 19.2 Å². The maximum Gasteiger partial charge on any atom is 0.326 e. The van der Waals surface area contributed by atoms with E-state index >= 15 is 0 Å². The molecule has 0 aliphatic carbocycles. The number of amides is 4. The molecule has 10 N–H and O–H groups in total. The van der Waals surface area contributed by atoms with Gasteiger partial charge in [0.05, 0.1) is 19.1 Å². The molecule has 0 radical (unpaired) electrons. The van der Waals surface area contributed by atoms with Crippen molar-refractivity contribution in [2.75, 3.05) is 6.61 Å². The molecule has 0 spiro atoms. The number of aliphatic hydroxyl groups excluding tert-OH is 1. The Bertz CT molecular complexity index is 890. The van der Waals surface area contributed by atoms with Crippen LogP contribution in [-0.4, -0.2) is 75.7 Å². The molecule has 13 nitrogen and oxygen atoms in total. The lowest BCUT2D eigenvalue weighted by atomic mass is 10.0. The quantitative estimate of drug-likeness (QED) is 0.146. The van der Waals surface area contributed by atoms with Crippen LogP contribution >= 0.6 is 0 Å². The zero-order chi connectivity index (χ0) is 26.0.